The topological polar surface area (TPSA) is 55.5 Å². The Morgan fingerprint density at radius 3 is 2.56 bits per heavy atom. The SMILES string of the molecule is Nc1ccccc1OCC1(O)CCCCC1. The van der Waals surface area contributed by atoms with E-state index in [0.717, 1.165) is 25.7 Å². The number of hydrogen-bond acceptors (Lipinski definition) is 3. The van der Waals surface area contributed by atoms with Crippen molar-refractivity contribution in [3.8, 4) is 5.75 Å². The van der Waals surface area contributed by atoms with Gasteiger partial charge in [0.1, 0.15) is 12.4 Å². The monoisotopic (exact) mass is 221 g/mol. The molecule has 0 radical (unpaired) electrons. The lowest BCUT2D eigenvalue weighted by Gasteiger charge is -2.31. The van der Waals surface area contributed by atoms with E-state index in [9.17, 15) is 5.11 Å². The lowest BCUT2D eigenvalue weighted by atomic mass is 9.85. The Hall–Kier alpha value is -1.22. The average Bonchev–Trinajstić information content (AvgIpc) is 2.29. The van der Waals surface area contributed by atoms with Crippen LogP contribution in [-0.4, -0.2) is 17.3 Å². The molecule has 1 saturated carbocycles. The van der Waals surface area contributed by atoms with Crippen LogP contribution in [0, 0.1) is 0 Å². The first-order valence-electron chi connectivity index (χ1n) is 5.89. The quantitative estimate of drug-likeness (QED) is 0.770. The first kappa shape index (κ1) is 11.3. The molecule has 1 fully saturated rings. The zero-order chi connectivity index (χ0) is 11.4. The zero-order valence-corrected chi connectivity index (χ0v) is 9.48. The minimum Gasteiger partial charge on any atom is -0.488 e. The second kappa shape index (κ2) is 4.74. The van der Waals surface area contributed by atoms with E-state index >= 15 is 0 Å². The Kier molecular flexibility index (Phi) is 3.34. The highest BCUT2D eigenvalue weighted by Gasteiger charge is 2.30. The highest BCUT2D eigenvalue weighted by atomic mass is 16.5. The molecule has 0 unspecified atom stereocenters. The molecule has 1 aliphatic rings. The van der Waals surface area contributed by atoms with Crippen LogP contribution in [-0.2, 0) is 0 Å². The van der Waals surface area contributed by atoms with Crippen molar-refractivity contribution in [1.29, 1.82) is 0 Å². The van der Waals surface area contributed by atoms with Crippen LogP contribution in [0.4, 0.5) is 5.69 Å². The maximum Gasteiger partial charge on any atom is 0.142 e. The maximum atomic E-state index is 10.3. The zero-order valence-electron chi connectivity index (χ0n) is 9.48. The molecule has 16 heavy (non-hydrogen) atoms. The minimum absolute atomic E-state index is 0.348. The van der Waals surface area contributed by atoms with Crippen molar-refractivity contribution in [2.75, 3.05) is 12.3 Å². The van der Waals surface area contributed by atoms with E-state index in [1.807, 2.05) is 18.2 Å². The molecule has 88 valence electrons. The van der Waals surface area contributed by atoms with E-state index in [1.54, 1.807) is 6.07 Å². The summed E-state index contributed by atoms with van der Waals surface area (Å²) < 4.78 is 5.60. The Labute approximate surface area is 96.2 Å². The summed E-state index contributed by atoms with van der Waals surface area (Å²) in [4.78, 5) is 0. The van der Waals surface area contributed by atoms with E-state index in [2.05, 4.69) is 0 Å². The van der Waals surface area contributed by atoms with Gasteiger partial charge in [-0.15, -0.1) is 0 Å². The Morgan fingerprint density at radius 2 is 1.88 bits per heavy atom. The summed E-state index contributed by atoms with van der Waals surface area (Å²) in [6.07, 6.45) is 5.06. The molecule has 3 heteroatoms. The van der Waals surface area contributed by atoms with Crippen LogP contribution >= 0.6 is 0 Å². The maximum absolute atomic E-state index is 10.3. The molecule has 0 aliphatic heterocycles. The van der Waals surface area contributed by atoms with Crippen molar-refractivity contribution in [3.05, 3.63) is 24.3 Å². The second-order valence-electron chi connectivity index (χ2n) is 4.61. The summed E-state index contributed by atoms with van der Waals surface area (Å²) in [6, 6.07) is 7.40. The molecule has 0 amide bonds. The van der Waals surface area contributed by atoms with E-state index < -0.39 is 5.60 Å². The van der Waals surface area contributed by atoms with Gasteiger partial charge < -0.3 is 15.6 Å². The first-order valence-corrected chi connectivity index (χ1v) is 5.89. The van der Waals surface area contributed by atoms with Crippen molar-refractivity contribution < 1.29 is 9.84 Å². The van der Waals surface area contributed by atoms with Gasteiger partial charge in [0, 0.05) is 0 Å². The predicted molar refractivity (Wildman–Crippen MR) is 64.4 cm³/mol. The van der Waals surface area contributed by atoms with Crippen LogP contribution in [0.1, 0.15) is 32.1 Å². The van der Waals surface area contributed by atoms with Crippen molar-refractivity contribution in [3.63, 3.8) is 0 Å². The van der Waals surface area contributed by atoms with E-state index in [0.29, 0.717) is 18.0 Å². The number of para-hydroxylation sites is 2. The number of anilines is 1. The fourth-order valence-electron chi connectivity index (χ4n) is 2.18. The van der Waals surface area contributed by atoms with E-state index in [-0.39, 0.29) is 0 Å². The van der Waals surface area contributed by atoms with Crippen LogP contribution < -0.4 is 10.5 Å². The second-order valence-corrected chi connectivity index (χ2v) is 4.61. The normalized spacial score (nSPS) is 19.3. The molecule has 0 aromatic heterocycles. The van der Waals surface area contributed by atoms with Crippen LogP contribution in [0.3, 0.4) is 0 Å². The molecule has 1 aromatic rings. The highest BCUT2D eigenvalue weighted by Crippen LogP contribution is 2.29. The molecule has 1 aromatic carbocycles. The number of nitrogens with two attached hydrogens (primary N) is 1. The van der Waals surface area contributed by atoms with Gasteiger partial charge in [-0.05, 0) is 25.0 Å². The molecule has 0 bridgehead atoms. The van der Waals surface area contributed by atoms with E-state index in [1.165, 1.54) is 6.42 Å². The third kappa shape index (κ3) is 2.67. The van der Waals surface area contributed by atoms with Crippen LogP contribution in [0.15, 0.2) is 24.3 Å². The van der Waals surface area contributed by atoms with Gasteiger partial charge in [-0.25, -0.2) is 0 Å². The van der Waals surface area contributed by atoms with Gasteiger partial charge in [0.2, 0.25) is 0 Å². The van der Waals surface area contributed by atoms with Crippen LogP contribution in [0.2, 0.25) is 0 Å². The summed E-state index contributed by atoms with van der Waals surface area (Å²) in [7, 11) is 0. The predicted octanol–water partition coefficient (Wildman–Crippen LogP) is 2.34. The molecule has 0 saturated heterocycles. The number of nitrogen functional groups attached to an aromatic ring is 1. The lowest BCUT2D eigenvalue weighted by Crippen LogP contribution is -2.37. The van der Waals surface area contributed by atoms with Gasteiger partial charge in [0.25, 0.3) is 0 Å². The fourth-order valence-corrected chi connectivity index (χ4v) is 2.18. The highest BCUT2D eigenvalue weighted by molar-refractivity contribution is 5.51. The summed E-state index contributed by atoms with van der Waals surface area (Å²) in [6.45, 7) is 0.348. The average molecular weight is 221 g/mol. The van der Waals surface area contributed by atoms with Crippen LogP contribution in [0.25, 0.3) is 0 Å². The van der Waals surface area contributed by atoms with Gasteiger partial charge >= 0.3 is 0 Å². The molecular formula is C13H19NO2. The summed E-state index contributed by atoms with van der Waals surface area (Å²) in [5.74, 6) is 0.668. The molecule has 0 heterocycles. The number of aliphatic hydroxyl groups is 1. The van der Waals surface area contributed by atoms with Gasteiger partial charge in [0.05, 0.1) is 11.3 Å². The standard InChI is InChI=1S/C13H19NO2/c14-11-6-2-3-7-12(11)16-10-13(15)8-4-1-5-9-13/h2-3,6-7,15H,1,4-5,8-10,14H2. The molecular weight excluding hydrogens is 202 g/mol. The minimum atomic E-state index is -0.652. The first-order chi connectivity index (χ1) is 7.70. The number of rotatable bonds is 3. The van der Waals surface area contributed by atoms with E-state index in [4.69, 9.17) is 10.5 Å². The molecule has 3 nitrogen and oxygen atoms in total. The molecule has 3 N–H and O–H groups in total. The Balaban J connectivity index is 1.94. The number of benzene rings is 1. The molecule has 2 rings (SSSR count). The van der Waals surface area contributed by atoms with Crippen molar-refractivity contribution in [2.24, 2.45) is 0 Å². The molecule has 0 atom stereocenters. The smallest absolute Gasteiger partial charge is 0.142 e. The summed E-state index contributed by atoms with van der Waals surface area (Å²) >= 11 is 0. The van der Waals surface area contributed by atoms with Gasteiger partial charge in [0.15, 0.2) is 0 Å². The van der Waals surface area contributed by atoms with Crippen molar-refractivity contribution in [2.45, 2.75) is 37.7 Å². The van der Waals surface area contributed by atoms with Crippen molar-refractivity contribution in [1.82, 2.24) is 0 Å². The van der Waals surface area contributed by atoms with Crippen molar-refractivity contribution >= 4 is 5.69 Å². The van der Waals surface area contributed by atoms with Gasteiger partial charge in [-0.1, -0.05) is 31.4 Å². The largest absolute Gasteiger partial charge is 0.488 e. The van der Waals surface area contributed by atoms with Crippen LogP contribution in [0.5, 0.6) is 5.75 Å². The lowest BCUT2D eigenvalue weighted by molar-refractivity contribution is -0.0337. The third-order valence-corrected chi connectivity index (χ3v) is 3.20. The van der Waals surface area contributed by atoms with Gasteiger partial charge in [-0.2, -0.15) is 0 Å². The fraction of sp³-hybridized carbons (Fsp3) is 0.538. The number of ether oxygens (including phenoxy) is 1. The molecule has 0 spiro atoms. The Bertz CT molecular complexity index is 346. The Morgan fingerprint density at radius 1 is 1.19 bits per heavy atom. The third-order valence-electron chi connectivity index (χ3n) is 3.20. The number of hydrogen-bond donors (Lipinski definition) is 2. The molecule has 1 aliphatic carbocycles. The summed E-state index contributed by atoms with van der Waals surface area (Å²) in [5, 5.41) is 10.3. The van der Waals surface area contributed by atoms with Gasteiger partial charge in [-0.3, -0.25) is 0 Å². The summed E-state index contributed by atoms with van der Waals surface area (Å²) in [5.41, 5.74) is 5.75.